The van der Waals surface area contributed by atoms with Gasteiger partial charge < -0.3 is 14.3 Å². The van der Waals surface area contributed by atoms with Crippen molar-refractivity contribution in [2.45, 2.75) is 38.8 Å². The van der Waals surface area contributed by atoms with Crippen LogP contribution in [0.25, 0.3) is 22.7 Å². The summed E-state index contributed by atoms with van der Waals surface area (Å²) in [7, 11) is 0. The molecule has 2 aromatic heterocycles. The van der Waals surface area contributed by atoms with Crippen molar-refractivity contribution in [3.05, 3.63) is 54.6 Å². The number of imidazole rings is 1. The minimum absolute atomic E-state index is 0. The fourth-order valence-electron chi connectivity index (χ4n) is 3.43. The third kappa shape index (κ3) is 4.14. The van der Waals surface area contributed by atoms with Crippen LogP contribution in [0.5, 0.6) is 0 Å². The Morgan fingerprint density at radius 1 is 1.15 bits per heavy atom. The Morgan fingerprint density at radius 3 is 2.62 bits per heavy atom. The molecular formula is C20H25Cl2N3O. The van der Waals surface area contributed by atoms with Crippen LogP contribution in [0.1, 0.15) is 25.5 Å². The fourth-order valence-corrected chi connectivity index (χ4v) is 3.43. The zero-order valence-electron chi connectivity index (χ0n) is 14.9. The average molecular weight is 394 g/mol. The molecule has 4 nitrogen and oxygen atoms in total. The molecule has 0 spiro atoms. The van der Waals surface area contributed by atoms with Crippen LogP contribution in [0, 0.1) is 0 Å². The van der Waals surface area contributed by atoms with E-state index in [-0.39, 0.29) is 24.8 Å². The first kappa shape index (κ1) is 20.6. The number of furan rings is 1. The average Bonchev–Trinajstić information content (AvgIpc) is 3.36. The van der Waals surface area contributed by atoms with Gasteiger partial charge in [0, 0.05) is 24.6 Å². The summed E-state index contributed by atoms with van der Waals surface area (Å²) in [5, 5.41) is 3.57. The van der Waals surface area contributed by atoms with Gasteiger partial charge in [-0.15, -0.1) is 24.8 Å². The van der Waals surface area contributed by atoms with Gasteiger partial charge in [-0.05, 0) is 31.5 Å². The number of aromatic nitrogens is 2. The highest BCUT2D eigenvalue weighted by atomic mass is 35.5. The van der Waals surface area contributed by atoms with Gasteiger partial charge in [0.05, 0.1) is 12.0 Å². The predicted molar refractivity (Wildman–Crippen MR) is 110 cm³/mol. The monoisotopic (exact) mass is 393 g/mol. The van der Waals surface area contributed by atoms with Crippen LogP contribution < -0.4 is 5.32 Å². The van der Waals surface area contributed by atoms with Crippen LogP contribution in [-0.2, 0) is 13.0 Å². The first-order valence-corrected chi connectivity index (χ1v) is 8.78. The fraction of sp³-hybridized carbons (Fsp3) is 0.350. The van der Waals surface area contributed by atoms with Crippen LogP contribution in [-0.4, -0.2) is 22.1 Å². The van der Waals surface area contributed by atoms with Gasteiger partial charge in [-0.1, -0.05) is 37.3 Å². The Bertz CT molecular complexity index is 808. The summed E-state index contributed by atoms with van der Waals surface area (Å²) in [5.74, 6) is 1.91. The van der Waals surface area contributed by atoms with Crippen molar-refractivity contribution >= 4 is 24.8 Å². The quantitative estimate of drug-likeness (QED) is 0.665. The summed E-state index contributed by atoms with van der Waals surface area (Å²) in [6, 6.07) is 15.0. The van der Waals surface area contributed by atoms with Gasteiger partial charge in [-0.3, -0.25) is 0 Å². The molecule has 0 unspecified atom stereocenters. The summed E-state index contributed by atoms with van der Waals surface area (Å²) in [5.41, 5.74) is 3.19. The minimum atomic E-state index is 0. The van der Waals surface area contributed by atoms with E-state index in [0.717, 1.165) is 48.0 Å². The zero-order chi connectivity index (χ0) is 16.4. The Balaban J connectivity index is 0.00000121. The molecule has 0 amide bonds. The van der Waals surface area contributed by atoms with E-state index in [0.29, 0.717) is 6.04 Å². The maximum absolute atomic E-state index is 6.06. The molecular weight excluding hydrogens is 369 g/mol. The Labute approximate surface area is 166 Å². The van der Waals surface area contributed by atoms with Crippen LogP contribution in [0.4, 0.5) is 0 Å². The summed E-state index contributed by atoms with van der Waals surface area (Å²) in [6.45, 7) is 4.15. The second-order valence-electron chi connectivity index (χ2n) is 6.37. The standard InChI is InChI=1S/C20H23N3O.2ClH/c1-2-17-10-11-18(24-17)20-19(15-7-4-3-5-8-15)22-14-23(20)13-16-9-6-12-21-16;;/h3-5,7-8,10-11,14,16,21H,2,6,9,12-13H2,1H3;2*1H/t16-;;/m1../s1. The second kappa shape index (κ2) is 9.26. The lowest BCUT2D eigenvalue weighted by Gasteiger charge is -2.14. The lowest BCUT2D eigenvalue weighted by Crippen LogP contribution is -2.26. The molecule has 0 bridgehead atoms. The Kier molecular flexibility index (Phi) is 7.33. The molecule has 1 aliphatic rings. The molecule has 26 heavy (non-hydrogen) atoms. The van der Waals surface area contributed by atoms with E-state index in [1.807, 2.05) is 12.4 Å². The van der Waals surface area contributed by atoms with Crippen molar-refractivity contribution in [3.8, 4) is 22.7 Å². The maximum atomic E-state index is 6.06. The normalized spacial score (nSPS) is 16.1. The van der Waals surface area contributed by atoms with Crippen molar-refractivity contribution in [1.29, 1.82) is 0 Å². The topological polar surface area (TPSA) is 43.0 Å². The Morgan fingerprint density at radius 2 is 1.96 bits per heavy atom. The summed E-state index contributed by atoms with van der Waals surface area (Å²) >= 11 is 0. The molecule has 140 valence electrons. The van der Waals surface area contributed by atoms with E-state index >= 15 is 0 Å². The van der Waals surface area contributed by atoms with Gasteiger partial charge in [0.25, 0.3) is 0 Å². The molecule has 0 saturated carbocycles. The number of hydrogen-bond donors (Lipinski definition) is 1. The van der Waals surface area contributed by atoms with Crippen molar-refractivity contribution in [2.75, 3.05) is 6.54 Å². The summed E-state index contributed by atoms with van der Waals surface area (Å²) in [4.78, 5) is 4.72. The molecule has 0 aliphatic carbocycles. The number of nitrogens with zero attached hydrogens (tertiary/aromatic N) is 2. The number of aryl methyl sites for hydroxylation is 1. The molecule has 1 atom stereocenters. The van der Waals surface area contributed by atoms with Crippen molar-refractivity contribution in [1.82, 2.24) is 14.9 Å². The molecule has 1 aliphatic heterocycles. The lowest BCUT2D eigenvalue weighted by molar-refractivity contribution is 0.496. The SMILES string of the molecule is CCc1ccc(-c2c(-c3ccccc3)ncn2C[C@H]2CCCN2)o1.Cl.Cl. The number of nitrogens with one attached hydrogen (secondary N) is 1. The van der Waals surface area contributed by atoms with Gasteiger partial charge in [0.15, 0.2) is 5.76 Å². The van der Waals surface area contributed by atoms with E-state index in [4.69, 9.17) is 9.40 Å². The van der Waals surface area contributed by atoms with E-state index in [1.54, 1.807) is 0 Å². The van der Waals surface area contributed by atoms with E-state index in [2.05, 4.69) is 53.2 Å². The van der Waals surface area contributed by atoms with Crippen LogP contribution in [0.15, 0.2) is 53.2 Å². The summed E-state index contributed by atoms with van der Waals surface area (Å²) < 4.78 is 8.30. The maximum Gasteiger partial charge on any atom is 0.152 e. The first-order chi connectivity index (χ1) is 11.8. The van der Waals surface area contributed by atoms with E-state index in [1.165, 1.54) is 12.8 Å². The molecule has 3 aromatic rings. The molecule has 6 heteroatoms. The molecule has 1 saturated heterocycles. The number of rotatable bonds is 5. The van der Waals surface area contributed by atoms with Crippen molar-refractivity contribution < 1.29 is 4.42 Å². The predicted octanol–water partition coefficient (Wildman–Crippen LogP) is 4.97. The molecule has 4 rings (SSSR count). The largest absolute Gasteiger partial charge is 0.459 e. The number of hydrogen-bond acceptors (Lipinski definition) is 3. The van der Waals surface area contributed by atoms with E-state index < -0.39 is 0 Å². The summed E-state index contributed by atoms with van der Waals surface area (Å²) in [6.07, 6.45) is 5.32. The molecule has 3 heterocycles. The molecule has 1 fully saturated rings. The highest BCUT2D eigenvalue weighted by Crippen LogP contribution is 2.33. The van der Waals surface area contributed by atoms with Gasteiger partial charge >= 0.3 is 0 Å². The van der Waals surface area contributed by atoms with Crippen LogP contribution >= 0.6 is 24.8 Å². The smallest absolute Gasteiger partial charge is 0.152 e. The molecule has 1 aromatic carbocycles. The zero-order valence-corrected chi connectivity index (χ0v) is 16.5. The van der Waals surface area contributed by atoms with Crippen molar-refractivity contribution in [2.24, 2.45) is 0 Å². The lowest BCUT2D eigenvalue weighted by atomic mass is 10.1. The second-order valence-corrected chi connectivity index (χ2v) is 6.37. The van der Waals surface area contributed by atoms with Crippen LogP contribution in [0.3, 0.4) is 0 Å². The van der Waals surface area contributed by atoms with E-state index in [9.17, 15) is 0 Å². The minimum Gasteiger partial charge on any atom is -0.459 e. The third-order valence-corrected chi connectivity index (χ3v) is 4.71. The van der Waals surface area contributed by atoms with Gasteiger partial charge in [-0.25, -0.2) is 4.98 Å². The Hall–Kier alpha value is -1.75. The van der Waals surface area contributed by atoms with Crippen LogP contribution in [0.2, 0.25) is 0 Å². The van der Waals surface area contributed by atoms with Gasteiger partial charge in [0.1, 0.15) is 11.5 Å². The first-order valence-electron chi connectivity index (χ1n) is 8.78. The molecule has 1 N–H and O–H groups in total. The molecule has 0 radical (unpaired) electrons. The highest BCUT2D eigenvalue weighted by molar-refractivity contribution is 5.85. The highest BCUT2D eigenvalue weighted by Gasteiger charge is 2.21. The number of halogens is 2. The third-order valence-electron chi connectivity index (χ3n) is 4.71. The van der Waals surface area contributed by atoms with Gasteiger partial charge in [0.2, 0.25) is 0 Å². The number of benzene rings is 1. The van der Waals surface area contributed by atoms with Gasteiger partial charge in [-0.2, -0.15) is 0 Å². The van der Waals surface area contributed by atoms with Crippen molar-refractivity contribution in [3.63, 3.8) is 0 Å².